The molecule has 20 heteroatoms. The number of guanidine groups is 2. The van der Waals surface area contributed by atoms with Crippen LogP contribution in [-0.2, 0) is 30.2 Å². The number of carbonyl (C=O) groups is 3. The number of likely N-dealkylation sites (tertiary alicyclic amines) is 2. The molecule has 1 aromatic rings. The van der Waals surface area contributed by atoms with Crippen molar-refractivity contribution in [1.29, 1.82) is 10.8 Å². The molecule has 46 heavy (non-hydrogen) atoms. The van der Waals surface area contributed by atoms with E-state index >= 15 is 0 Å². The third kappa shape index (κ3) is 12.7. The fraction of sp³-hybridized carbons (Fsp3) is 0.577. The van der Waals surface area contributed by atoms with Crippen molar-refractivity contribution in [1.82, 2.24) is 25.2 Å². The standard InChI is InChI=1S/C24H39N9O5S.C2HF3O2/c25-23(26)32-10-4-8-17(14-32)12-19(31-39(37,38)15-16-6-2-1-3-7-16)21(35)29-13-20(34)30-18-9-5-11-33(22(18)36)24(27)28;3-2(4,5)1(6)7/h1-3,6-7,17-19,22,31,36H,4-5,8-15H2,(H3,25,26)(H3,27,28)(H,29,35)(H,30,34);(H,6,7)/t17?,18-,19+,22?;/m0./s1. The summed E-state index contributed by atoms with van der Waals surface area (Å²) < 4.78 is 60.2. The van der Waals surface area contributed by atoms with Gasteiger partial charge < -0.3 is 42.1 Å². The average molecular weight is 680 g/mol. The van der Waals surface area contributed by atoms with Crippen LogP contribution in [0.25, 0.3) is 0 Å². The van der Waals surface area contributed by atoms with Crippen molar-refractivity contribution < 1.29 is 46.2 Å². The molecule has 0 bridgehead atoms. The zero-order valence-corrected chi connectivity index (χ0v) is 25.6. The minimum absolute atomic E-state index is 0.0738. The third-order valence-corrected chi connectivity index (χ3v) is 8.54. The fourth-order valence-corrected chi connectivity index (χ4v) is 6.36. The second-order valence-corrected chi connectivity index (χ2v) is 12.6. The number of alkyl halides is 3. The van der Waals surface area contributed by atoms with Crippen molar-refractivity contribution in [3.63, 3.8) is 0 Å². The number of halogens is 3. The molecule has 2 unspecified atom stereocenters. The molecule has 11 N–H and O–H groups in total. The first-order valence-corrected chi connectivity index (χ1v) is 15.8. The van der Waals surface area contributed by atoms with E-state index in [9.17, 15) is 36.3 Å². The Hall–Kier alpha value is -4.17. The second-order valence-electron chi connectivity index (χ2n) is 10.8. The van der Waals surface area contributed by atoms with Gasteiger partial charge in [-0.15, -0.1) is 0 Å². The minimum Gasteiger partial charge on any atom is -0.475 e. The van der Waals surface area contributed by atoms with E-state index in [0.717, 1.165) is 12.8 Å². The maximum atomic E-state index is 13.2. The number of nitrogens with one attached hydrogen (secondary N) is 5. The van der Waals surface area contributed by atoms with Gasteiger partial charge in [0, 0.05) is 19.6 Å². The van der Waals surface area contributed by atoms with E-state index < -0.39 is 58.8 Å². The number of carboxylic acid groups (broad SMARTS) is 1. The van der Waals surface area contributed by atoms with Crippen molar-refractivity contribution in [3.8, 4) is 0 Å². The summed E-state index contributed by atoms with van der Waals surface area (Å²) in [7, 11) is -3.90. The van der Waals surface area contributed by atoms with Crippen LogP contribution in [0, 0.1) is 16.7 Å². The van der Waals surface area contributed by atoms with Gasteiger partial charge >= 0.3 is 12.1 Å². The Balaban J connectivity index is 0.000000942. The van der Waals surface area contributed by atoms with E-state index in [2.05, 4.69) is 15.4 Å². The van der Waals surface area contributed by atoms with E-state index in [0.29, 0.717) is 38.0 Å². The van der Waals surface area contributed by atoms with Crippen LogP contribution in [0.4, 0.5) is 13.2 Å². The first-order valence-electron chi connectivity index (χ1n) is 14.2. The molecule has 2 heterocycles. The Morgan fingerprint density at radius 2 is 1.65 bits per heavy atom. The quantitative estimate of drug-likeness (QED) is 0.107. The smallest absolute Gasteiger partial charge is 0.475 e. The highest BCUT2D eigenvalue weighted by Crippen LogP contribution is 2.22. The Morgan fingerprint density at radius 3 is 2.22 bits per heavy atom. The number of piperidine rings is 2. The normalized spacial score (nSPS) is 20.8. The fourth-order valence-electron chi connectivity index (χ4n) is 5.01. The summed E-state index contributed by atoms with van der Waals surface area (Å²) >= 11 is 0. The van der Waals surface area contributed by atoms with Gasteiger partial charge in [-0.25, -0.2) is 17.9 Å². The summed E-state index contributed by atoms with van der Waals surface area (Å²) in [5.74, 6) is -4.76. The van der Waals surface area contributed by atoms with Crippen molar-refractivity contribution in [2.45, 2.75) is 62.3 Å². The maximum absolute atomic E-state index is 13.2. The molecule has 0 spiro atoms. The molecule has 1 aromatic carbocycles. The summed E-state index contributed by atoms with van der Waals surface area (Å²) in [6, 6.07) is 6.77. The van der Waals surface area contributed by atoms with Gasteiger partial charge in [0.1, 0.15) is 12.3 Å². The lowest BCUT2D eigenvalue weighted by Crippen LogP contribution is -2.59. The van der Waals surface area contributed by atoms with Crippen molar-refractivity contribution in [2.24, 2.45) is 17.4 Å². The predicted octanol–water partition coefficient (Wildman–Crippen LogP) is -0.988. The molecule has 2 fully saturated rings. The van der Waals surface area contributed by atoms with Crippen LogP contribution in [-0.4, -0.2) is 109 Å². The molecule has 2 aliphatic rings. The minimum atomic E-state index is -5.08. The van der Waals surface area contributed by atoms with Gasteiger partial charge in [0.25, 0.3) is 0 Å². The first-order chi connectivity index (χ1) is 21.4. The van der Waals surface area contributed by atoms with Crippen LogP contribution in [0.15, 0.2) is 30.3 Å². The largest absolute Gasteiger partial charge is 0.490 e. The van der Waals surface area contributed by atoms with E-state index in [4.69, 9.17) is 32.2 Å². The number of benzene rings is 1. The number of nitrogens with two attached hydrogens (primary N) is 2. The van der Waals surface area contributed by atoms with Gasteiger partial charge in [0.05, 0.1) is 18.3 Å². The lowest BCUT2D eigenvalue weighted by Gasteiger charge is -2.38. The number of hydrogen-bond acceptors (Lipinski definition) is 8. The molecule has 3 rings (SSSR count). The van der Waals surface area contributed by atoms with Gasteiger partial charge in [0.2, 0.25) is 21.8 Å². The first kappa shape index (κ1) is 38.0. The summed E-state index contributed by atoms with van der Waals surface area (Å²) in [6.45, 7) is 1.01. The van der Waals surface area contributed by atoms with E-state index in [1.165, 1.54) is 4.90 Å². The number of aliphatic hydroxyl groups excluding tert-OH is 1. The van der Waals surface area contributed by atoms with Gasteiger partial charge in [-0.1, -0.05) is 30.3 Å². The molecular weight excluding hydrogens is 639 g/mol. The number of aliphatic hydroxyl groups is 1. The lowest BCUT2D eigenvalue weighted by atomic mass is 9.91. The van der Waals surface area contributed by atoms with E-state index in [1.807, 2.05) is 0 Å². The Labute approximate surface area is 263 Å². The van der Waals surface area contributed by atoms with Crippen LogP contribution < -0.4 is 26.8 Å². The van der Waals surface area contributed by atoms with Crippen molar-refractivity contribution >= 4 is 39.7 Å². The molecule has 16 nitrogen and oxygen atoms in total. The zero-order chi connectivity index (χ0) is 34.7. The summed E-state index contributed by atoms with van der Waals surface area (Å²) in [5.41, 5.74) is 11.7. The van der Waals surface area contributed by atoms with Crippen LogP contribution in [0.3, 0.4) is 0 Å². The molecule has 2 amide bonds. The number of rotatable bonds is 10. The number of amides is 2. The number of nitrogens with zero attached hydrogens (tertiary/aromatic N) is 2. The van der Waals surface area contributed by atoms with Crippen LogP contribution in [0.1, 0.15) is 37.7 Å². The number of carboxylic acids is 1. The topological polar surface area (TPSA) is 268 Å². The van der Waals surface area contributed by atoms with Gasteiger partial charge in [-0.3, -0.25) is 20.4 Å². The van der Waals surface area contributed by atoms with Crippen molar-refractivity contribution in [3.05, 3.63) is 35.9 Å². The van der Waals surface area contributed by atoms with Gasteiger partial charge in [-0.05, 0) is 43.6 Å². The van der Waals surface area contributed by atoms with E-state index in [1.54, 1.807) is 35.2 Å². The van der Waals surface area contributed by atoms with E-state index in [-0.39, 0.29) is 30.0 Å². The molecule has 258 valence electrons. The SMILES string of the molecule is N=C(N)N1CCCC(C[C@@H](NS(=O)(=O)Cc2ccccc2)C(=O)NCC(=O)N[C@H]2CCCN(C(=N)N)C2O)C1.O=C(O)C(F)(F)F. The monoisotopic (exact) mass is 679 g/mol. The molecule has 0 radical (unpaired) electrons. The third-order valence-electron chi connectivity index (χ3n) is 7.18. The highest BCUT2D eigenvalue weighted by Gasteiger charge is 2.38. The number of aliphatic carboxylic acids is 1. The molecule has 2 saturated heterocycles. The second kappa shape index (κ2) is 16.9. The summed E-state index contributed by atoms with van der Waals surface area (Å²) in [4.78, 5) is 37.6. The van der Waals surface area contributed by atoms with Crippen LogP contribution in [0.5, 0.6) is 0 Å². The summed E-state index contributed by atoms with van der Waals surface area (Å²) in [6.07, 6.45) is -3.51. The molecule has 0 aromatic heterocycles. The van der Waals surface area contributed by atoms with Crippen LogP contribution in [0.2, 0.25) is 0 Å². The zero-order valence-electron chi connectivity index (χ0n) is 24.8. The number of sulfonamides is 1. The molecule has 4 atom stereocenters. The lowest BCUT2D eigenvalue weighted by molar-refractivity contribution is -0.192. The molecule has 0 aliphatic carbocycles. The Morgan fingerprint density at radius 1 is 1.04 bits per heavy atom. The number of carbonyl (C=O) groups excluding carboxylic acids is 2. The highest BCUT2D eigenvalue weighted by molar-refractivity contribution is 7.88. The Bertz CT molecular complexity index is 1340. The summed E-state index contributed by atoms with van der Waals surface area (Å²) in [5, 5.41) is 38.0. The van der Waals surface area contributed by atoms with Gasteiger partial charge in [-0.2, -0.15) is 13.2 Å². The Kier molecular flexibility index (Phi) is 14.0. The van der Waals surface area contributed by atoms with Crippen molar-refractivity contribution in [2.75, 3.05) is 26.2 Å². The molecular formula is C26H40F3N9O7S. The average Bonchev–Trinajstić information content (AvgIpc) is 2.96. The predicted molar refractivity (Wildman–Crippen MR) is 159 cm³/mol. The maximum Gasteiger partial charge on any atom is 0.490 e. The number of hydrogen-bond donors (Lipinski definition) is 9. The molecule has 0 saturated carbocycles. The molecule has 2 aliphatic heterocycles. The highest BCUT2D eigenvalue weighted by atomic mass is 32.2. The van der Waals surface area contributed by atoms with Gasteiger partial charge in [0.15, 0.2) is 11.9 Å². The van der Waals surface area contributed by atoms with Crippen LogP contribution >= 0.6 is 0 Å².